The Hall–Kier alpha value is -5.38. The second-order valence-corrected chi connectivity index (χ2v) is 26.0. The van der Waals surface area contributed by atoms with Crippen LogP contribution in [0.1, 0.15) is 150 Å². The Morgan fingerprint density at radius 1 is 0.937 bits per heavy atom. The van der Waals surface area contributed by atoms with Crippen LogP contribution < -0.4 is 25.9 Å². The van der Waals surface area contributed by atoms with Gasteiger partial charge in [-0.3, -0.25) is 38.7 Å². The second kappa shape index (κ2) is 21.8. The zero-order valence-electron chi connectivity index (χ0n) is 48.2. The minimum Gasteiger partial charge on any atom is -0.611 e. The third kappa shape index (κ3) is 10.7. The van der Waals surface area contributed by atoms with Gasteiger partial charge in [-0.15, -0.1) is 5.01 Å². The third-order valence-corrected chi connectivity index (χ3v) is 19.4. The van der Waals surface area contributed by atoms with Crippen molar-refractivity contribution in [2.45, 2.75) is 212 Å². The van der Waals surface area contributed by atoms with Gasteiger partial charge in [-0.05, 0) is 117 Å². The predicted octanol–water partition coefficient (Wildman–Crippen LogP) is 2.29. The number of carbonyl (C=O) groups is 8. The first kappa shape index (κ1) is 58.3. The van der Waals surface area contributed by atoms with Gasteiger partial charge in [0, 0.05) is 51.0 Å². The minimum absolute atomic E-state index is 0.0161. The largest absolute Gasteiger partial charge is 0.611 e. The molecule has 4 aliphatic carbocycles. The first-order valence-electron chi connectivity index (χ1n) is 29.1. The summed E-state index contributed by atoms with van der Waals surface area (Å²) in [5.74, 6) is -5.30. The summed E-state index contributed by atoms with van der Waals surface area (Å²) in [7, 11) is 3.11. The van der Waals surface area contributed by atoms with Crippen LogP contribution in [0.3, 0.4) is 0 Å². The number of hydrogen-bond donors (Lipinski definition) is 5. The molecule has 12 atom stereocenters. The Morgan fingerprint density at radius 3 is 2.23 bits per heavy atom. The molecule has 1 aromatic rings. The number of ether oxygens (including phenoxy) is 3. The first-order chi connectivity index (χ1) is 37.2. The molecule has 8 aliphatic rings. The molecule has 7 fully saturated rings. The van der Waals surface area contributed by atoms with E-state index < -0.39 is 124 Å². The minimum atomic E-state index is -1.61. The van der Waals surface area contributed by atoms with Crippen LogP contribution in [0, 0.1) is 45.6 Å². The molecule has 0 radical (unpaired) electrons. The monoisotopic (exact) mass is 1100 g/mol. The van der Waals surface area contributed by atoms with Gasteiger partial charge in [-0.2, -0.15) is 0 Å². The molecule has 6 amide bonds. The van der Waals surface area contributed by atoms with Crippen LogP contribution in [0.5, 0.6) is 5.75 Å². The highest BCUT2D eigenvalue weighted by Crippen LogP contribution is 2.67. The molecule has 4 heterocycles. The van der Waals surface area contributed by atoms with Crippen LogP contribution >= 0.6 is 0 Å². The molecule has 21 heteroatoms. The molecule has 0 bridgehead atoms. The maximum absolute atomic E-state index is 15.6. The van der Waals surface area contributed by atoms with Crippen LogP contribution in [0.4, 0.5) is 0 Å². The van der Waals surface area contributed by atoms with E-state index in [0.29, 0.717) is 31.6 Å². The highest BCUT2D eigenvalue weighted by Gasteiger charge is 2.80. The topological polar surface area (TPSA) is 261 Å². The van der Waals surface area contributed by atoms with Crippen molar-refractivity contribution in [1.82, 2.24) is 35.7 Å². The van der Waals surface area contributed by atoms with E-state index in [-0.39, 0.29) is 93.5 Å². The fourth-order valence-corrected chi connectivity index (χ4v) is 13.8. The number of amides is 6. The number of likely N-dealkylation sites (tertiary alicyclic amines) is 1. The van der Waals surface area contributed by atoms with Crippen LogP contribution in [0.15, 0.2) is 18.2 Å². The predicted molar refractivity (Wildman–Crippen MR) is 286 cm³/mol. The Kier molecular flexibility index (Phi) is 16.1. The van der Waals surface area contributed by atoms with Gasteiger partial charge in [-0.25, -0.2) is 4.79 Å². The summed E-state index contributed by atoms with van der Waals surface area (Å²) in [6, 6.07) is 0.558. The van der Waals surface area contributed by atoms with E-state index in [9.17, 15) is 34.3 Å². The van der Waals surface area contributed by atoms with Crippen LogP contribution in [-0.4, -0.2) is 159 Å². The number of likely N-dealkylation sites (N-methyl/N-ethyl adjacent to an activating group) is 1. The Morgan fingerprint density at radius 2 is 1.62 bits per heavy atom. The fraction of sp³-hybridized carbons (Fsp3) is 0.759. The van der Waals surface area contributed by atoms with Crippen LogP contribution in [-0.2, 0) is 60.8 Å². The summed E-state index contributed by atoms with van der Waals surface area (Å²) in [4.78, 5) is 122. The van der Waals surface area contributed by atoms with Crippen molar-refractivity contribution in [3.63, 3.8) is 0 Å². The van der Waals surface area contributed by atoms with E-state index in [0.717, 1.165) is 24.0 Å². The van der Waals surface area contributed by atoms with Gasteiger partial charge < -0.3 is 55.2 Å². The highest BCUT2D eigenvalue weighted by molar-refractivity contribution is 5.97. The molecular weight excluding hydrogens is 1020 g/mol. The zero-order valence-corrected chi connectivity index (χ0v) is 48.2. The van der Waals surface area contributed by atoms with Crippen LogP contribution in [0.2, 0.25) is 0 Å². The number of cyclic esters (lactones) is 1. The number of carbonyl (C=O) groups excluding carboxylic acids is 8. The number of hydroxylamine groups is 1. The number of aliphatic hydroxyl groups excluding tert-OH is 1. The maximum Gasteiger partial charge on any atom is 0.329 e. The smallest absolute Gasteiger partial charge is 0.329 e. The van der Waals surface area contributed by atoms with E-state index >= 15 is 14.4 Å². The maximum atomic E-state index is 15.6. The van der Waals surface area contributed by atoms with Crippen molar-refractivity contribution in [3.8, 4) is 5.75 Å². The van der Waals surface area contributed by atoms with Crippen molar-refractivity contribution in [1.29, 1.82) is 0 Å². The number of aliphatic hydroxyl groups is 1. The zero-order chi connectivity index (χ0) is 57.4. The van der Waals surface area contributed by atoms with Gasteiger partial charge in [-0.1, -0.05) is 68.4 Å². The van der Waals surface area contributed by atoms with Crippen LogP contribution in [0.25, 0.3) is 0 Å². The molecule has 1 aromatic carbocycles. The number of quaternary nitrogens is 1. The van der Waals surface area contributed by atoms with Crippen molar-refractivity contribution >= 4 is 47.4 Å². The Labute approximate surface area is 464 Å². The summed E-state index contributed by atoms with van der Waals surface area (Å²) in [5.41, 5.74) is -3.47. The molecule has 4 saturated carbocycles. The Balaban J connectivity index is 1.08. The van der Waals surface area contributed by atoms with Crippen molar-refractivity contribution in [2.24, 2.45) is 40.4 Å². The summed E-state index contributed by atoms with van der Waals surface area (Å²) < 4.78 is 18.1. The van der Waals surface area contributed by atoms with Crippen molar-refractivity contribution in [2.75, 3.05) is 27.2 Å². The molecule has 3 saturated heterocycles. The average molecular weight is 1100 g/mol. The molecule has 79 heavy (non-hydrogen) atoms. The van der Waals surface area contributed by atoms with E-state index in [2.05, 4.69) is 16.0 Å². The van der Waals surface area contributed by atoms with E-state index in [1.807, 2.05) is 60.6 Å². The van der Waals surface area contributed by atoms with Crippen molar-refractivity contribution in [3.05, 3.63) is 34.5 Å². The van der Waals surface area contributed by atoms with Gasteiger partial charge in [0.05, 0.1) is 25.2 Å². The van der Waals surface area contributed by atoms with E-state index in [1.165, 1.54) is 21.9 Å². The first-order valence-corrected chi connectivity index (χ1v) is 29.1. The lowest BCUT2D eigenvalue weighted by molar-refractivity contribution is -0.997. The molecule has 5 N–H and O–H groups in total. The summed E-state index contributed by atoms with van der Waals surface area (Å²) in [5, 5.41) is 37.1. The number of nitrogens with zero attached hydrogens (tertiary/aromatic N) is 4. The summed E-state index contributed by atoms with van der Waals surface area (Å²) in [6.45, 7) is 17.3. The molecular formula is C58H86N8O13. The quantitative estimate of drug-likeness (QED) is 0.157. The van der Waals surface area contributed by atoms with Crippen molar-refractivity contribution < 1.29 is 62.8 Å². The molecule has 9 rings (SSSR count). The number of benzene rings is 1. The molecule has 6 unspecified atom stereocenters. The SMILES string of the molecule is COc1ccc2c(c1)CN1C(=O)[C@@H]3CCCN3[NH+]([O-])[C@H](CC(C)C)NC(=O)[C@H](C(C)C)OC(=O)C[C@H](O)C3(NC(=O)C4(CC4NC(=O)[C@@H](CC(C)C)N(C)C(=O)[C@@H]4CCCN4C(=O)C4(C)CC4)C4(CC4)OC(=O)C1C2)C(C)C3C. The number of methoxy groups -OCH3 is 1. The van der Waals surface area contributed by atoms with E-state index in [4.69, 9.17) is 14.2 Å². The molecule has 21 nitrogen and oxygen atoms in total. The standard InChI is InChI=1S/C58H86N8O13/c1-31(2)24-41(62(10)50(71)39-14-12-22-63(39)54(75)55(9)18-19-55)48(69)59-43-29-57(43)53(74)61-58(34(7)35(58)8)44(67)28-46(68)78-47(33(5)6)49(70)60-45(25-32(3)4)66(76)65-23-13-15-40(65)51(72)64-30-37-26-38(77-11)17-16-36(37)27-42(64)52(73)79-56(57)20-21-56/h16-17,26,31-35,39-45,47,66-67H,12-15,18-25,27-30H2,1-11H3,(H,59,69)(H,60,70)(H,61,74)/t34?,35?,39-,40-,41+,42?,43?,44-,45+,47-,57?,58?/m0/s1. The summed E-state index contributed by atoms with van der Waals surface area (Å²) in [6.07, 6.45) is -0.200. The fourth-order valence-electron chi connectivity index (χ4n) is 13.8. The lowest BCUT2D eigenvalue weighted by atomic mass is 9.90. The highest BCUT2D eigenvalue weighted by atomic mass is 16.6. The van der Waals surface area contributed by atoms with E-state index in [1.54, 1.807) is 31.9 Å². The number of nitrogens with one attached hydrogen (secondary N) is 4. The average Bonchev–Trinajstić information content (AvgIpc) is 2.85. The molecule has 4 aliphatic heterocycles. The molecule has 0 aromatic heterocycles. The van der Waals surface area contributed by atoms with Gasteiger partial charge in [0.1, 0.15) is 40.9 Å². The number of hydrogen-bond acceptors (Lipinski definition) is 14. The molecule has 3 spiro atoms. The van der Waals surface area contributed by atoms with Gasteiger partial charge >= 0.3 is 11.9 Å². The number of fused-ring (bicyclic) bond motifs is 4. The summed E-state index contributed by atoms with van der Waals surface area (Å²) >= 11 is 0. The second-order valence-electron chi connectivity index (χ2n) is 26.0. The number of rotatable bonds is 11. The van der Waals surface area contributed by atoms with Gasteiger partial charge in [0.25, 0.3) is 5.91 Å². The lowest BCUT2D eigenvalue weighted by Gasteiger charge is -2.43. The lowest BCUT2D eigenvalue weighted by Crippen LogP contribution is -3.20. The molecule has 436 valence electrons. The Bertz CT molecular complexity index is 2580. The van der Waals surface area contributed by atoms with Gasteiger partial charge in [0.15, 0.2) is 12.3 Å². The number of esters is 2. The third-order valence-electron chi connectivity index (χ3n) is 19.4. The normalized spacial score (nSPS) is 34.7. The van der Waals surface area contributed by atoms with Gasteiger partial charge in [0.2, 0.25) is 29.5 Å².